The van der Waals surface area contributed by atoms with Gasteiger partial charge in [-0.05, 0) is 92.8 Å². The van der Waals surface area contributed by atoms with Gasteiger partial charge in [0.15, 0.2) is 5.11 Å². The van der Waals surface area contributed by atoms with Crippen LogP contribution in [0.3, 0.4) is 0 Å². The van der Waals surface area contributed by atoms with E-state index in [1.54, 1.807) is 7.11 Å². The van der Waals surface area contributed by atoms with Crippen molar-refractivity contribution in [2.24, 2.45) is 23.2 Å². The standard InChI is InChI=1S/C21H28N2O3S/c1-25-17-2-4-18(5-3-17)26-7-6-22-20(27)23-19(24)21-11-14-8-15(12-21)10-16(9-14)13-21/h2-5,14-16H,6-13H2,1H3,(H2,22,23,24,27). The van der Waals surface area contributed by atoms with E-state index in [0.29, 0.717) is 18.3 Å². The molecule has 4 fully saturated rings. The molecule has 5 nitrogen and oxygen atoms in total. The average Bonchev–Trinajstić information content (AvgIpc) is 2.64. The van der Waals surface area contributed by atoms with Crippen LogP contribution in [-0.2, 0) is 4.79 Å². The van der Waals surface area contributed by atoms with Crippen LogP contribution in [0.4, 0.5) is 0 Å². The van der Waals surface area contributed by atoms with Gasteiger partial charge in [0.2, 0.25) is 5.91 Å². The third-order valence-electron chi connectivity index (χ3n) is 6.46. The molecule has 27 heavy (non-hydrogen) atoms. The summed E-state index contributed by atoms with van der Waals surface area (Å²) >= 11 is 5.33. The Morgan fingerprint density at radius 3 is 2.19 bits per heavy atom. The van der Waals surface area contributed by atoms with E-state index in [1.165, 1.54) is 19.3 Å². The summed E-state index contributed by atoms with van der Waals surface area (Å²) in [4.78, 5) is 12.9. The summed E-state index contributed by atoms with van der Waals surface area (Å²) in [6.45, 7) is 1.02. The monoisotopic (exact) mass is 388 g/mol. The van der Waals surface area contributed by atoms with Crippen LogP contribution in [0.1, 0.15) is 38.5 Å². The number of hydrogen-bond acceptors (Lipinski definition) is 4. The molecule has 0 radical (unpaired) electrons. The fourth-order valence-corrected chi connectivity index (χ4v) is 5.87. The smallest absolute Gasteiger partial charge is 0.232 e. The second kappa shape index (κ2) is 7.66. The Balaban J connectivity index is 1.21. The molecule has 4 saturated carbocycles. The second-order valence-electron chi connectivity index (χ2n) is 8.43. The van der Waals surface area contributed by atoms with Gasteiger partial charge in [-0.1, -0.05) is 0 Å². The molecule has 4 aliphatic rings. The number of nitrogens with one attached hydrogen (secondary N) is 2. The Kier molecular flexibility index (Phi) is 5.26. The van der Waals surface area contributed by atoms with Gasteiger partial charge in [-0.25, -0.2) is 0 Å². The maximum atomic E-state index is 12.9. The molecule has 4 bridgehead atoms. The first-order valence-corrected chi connectivity index (χ1v) is 10.3. The van der Waals surface area contributed by atoms with E-state index in [-0.39, 0.29) is 11.3 Å². The lowest BCUT2D eigenvalue weighted by molar-refractivity contribution is -0.144. The zero-order chi connectivity index (χ0) is 18.9. The fraction of sp³-hybridized carbons (Fsp3) is 0.619. The highest BCUT2D eigenvalue weighted by atomic mass is 32.1. The molecule has 6 heteroatoms. The van der Waals surface area contributed by atoms with Gasteiger partial charge < -0.3 is 20.1 Å². The van der Waals surface area contributed by atoms with Crippen molar-refractivity contribution in [3.05, 3.63) is 24.3 Å². The lowest BCUT2D eigenvalue weighted by Gasteiger charge is -2.55. The number of hydrogen-bond donors (Lipinski definition) is 2. The van der Waals surface area contributed by atoms with Crippen molar-refractivity contribution in [2.45, 2.75) is 38.5 Å². The van der Waals surface area contributed by atoms with Crippen LogP contribution in [-0.4, -0.2) is 31.3 Å². The maximum Gasteiger partial charge on any atom is 0.232 e. The Morgan fingerprint density at radius 1 is 1.07 bits per heavy atom. The van der Waals surface area contributed by atoms with Crippen LogP contribution >= 0.6 is 12.2 Å². The minimum absolute atomic E-state index is 0.134. The molecule has 0 saturated heterocycles. The molecule has 0 spiro atoms. The Hall–Kier alpha value is -1.82. The third-order valence-corrected chi connectivity index (χ3v) is 6.71. The van der Waals surface area contributed by atoms with Gasteiger partial charge in [0.1, 0.15) is 18.1 Å². The molecule has 1 aromatic rings. The molecule has 0 heterocycles. The fourth-order valence-electron chi connectivity index (χ4n) is 5.67. The molecule has 0 atom stereocenters. The number of amides is 1. The molecule has 0 aliphatic heterocycles. The first kappa shape index (κ1) is 18.5. The van der Waals surface area contributed by atoms with E-state index in [4.69, 9.17) is 21.7 Å². The number of carbonyl (C=O) groups is 1. The second-order valence-corrected chi connectivity index (χ2v) is 8.84. The average molecular weight is 389 g/mol. The van der Waals surface area contributed by atoms with Gasteiger partial charge >= 0.3 is 0 Å². The highest BCUT2D eigenvalue weighted by Gasteiger charge is 2.54. The zero-order valence-corrected chi connectivity index (χ0v) is 16.6. The molecule has 0 aromatic heterocycles. The highest BCUT2D eigenvalue weighted by molar-refractivity contribution is 7.80. The summed E-state index contributed by atoms with van der Waals surface area (Å²) in [5.41, 5.74) is -0.167. The SMILES string of the molecule is COc1ccc(OCCNC(=S)NC(=O)C23CC4CC(CC(C4)C2)C3)cc1. The van der Waals surface area contributed by atoms with E-state index in [1.807, 2.05) is 24.3 Å². The van der Waals surface area contributed by atoms with E-state index in [9.17, 15) is 4.79 Å². The quantitative estimate of drug-likeness (QED) is 0.579. The Labute approximate surface area is 166 Å². The van der Waals surface area contributed by atoms with Gasteiger partial charge in [-0.2, -0.15) is 0 Å². The van der Waals surface area contributed by atoms with Gasteiger partial charge in [0, 0.05) is 0 Å². The van der Waals surface area contributed by atoms with Crippen LogP contribution < -0.4 is 20.1 Å². The molecule has 0 unspecified atom stereocenters. The molecule has 1 aromatic carbocycles. The van der Waals surface area contributed by atoms with E-state index >= 15 is 0 Å². The zero-order valence-electron chi connectivity index (χ0n) is 15.8. The normalized spacial score (nSPS) is 30.6. The number of ether oxygens (including phenoxy) is 2. The van der Waals surface area contributed by atoms with Crippen molar-refractivity contribution in [1.82, 2.24) is 10.6 Å². The number of methoxy groups -OCH3 is 1. The summed E-state index contributed by atoms with van der Waals surface area (Å²) < 4.78 is 10.8. The molecule has 1 amide bonds. The van der Waals surface area contributed by atoms with Crippen LogP contribution in [0.25, 0.3) is 0 Å². The Bertz CT molecular complexity index is 669. The minimum atomic E-state index is -0.167. The van der Waals surface area contributed by atoms with Gasteiger partial charge in [-0.15, -0.1) is 0 Å². The van der Waals surface area contributed by atoms with E-state index in [0.717, 1.165) is 48.5 Å². The largest absolute Gasteiger partial charge is 0.497 e. The maximum absolute atomic E-state index is 12.9. The van der Waals surface area contributed by atoms with Crippen molar-refractivity contribution in [3.63, 3.8) is 0 Å². The summed E-state index contributed by atoms with van der Waals surface area (Å²) in [6.07, 6.45) is 7.14. The number of rotatable bonds is 6. The lowest BCUT2D eigenvalue weighted by atomic mass is 9.49. The Morgan fingerprint density at radius 2 is 1.63 bits per heavy atom. The summed E-state index contributed by atoms with van der Waals surface area (Å²) in [7, 11) is 1.64. The number of thiocarbonyl (C=S) groups is 1. The molecule has 2 N–H and O–H groups in total. The van der Waals surface area contributed by atoms with Crippen molar-refractivity contribution in [3.8, 4) is 11.5 Å². The van der Waals surface area contributed by atoms with Crippen LogP contribution in [0, 0.1) is 23.2 Å². The van der Waals surface area contributed by atoms with Gasteiger partial charge in [-0.3, -0.25) is 4.79 Å². The molecule has 146 valence electrons. The van der Waals surface area contributed by atoms with Crippen molar-refractivity contribution < 1.29 is 14.3 Å². The number of carbonyl (C=O) groups excluding carboxylic acids is 1. The van der Waals surface area contributed by atoms with Crippen molar-refractivity contribution in [1.29, 1.82) is 0 Å². The summed E-state index contributed by atoms with van der Waals surface area (Å²) in [5.74, 6) is 3.97. The summed E-state index contributed by atoms with van der Waals surface area (Å²) in [6, 6.07) is 7.45. The molecule has 4 aliphatic carbocycles. The molecule has 5 rings (SSSR count). The lowest BCUT2D eigenvalue weighted by Crippen LogP contribution is -2.55. The predicted molar refractivity (Wildman–Crippen MR) is 108 cm³/mol. The van der Waals surface area contributed by atoms with Gasteiger partial charge in [0.05, 0.1) is 19.1 Å². The third kappa shape index (κ3) is 4.05. The first-order chi connectivity index (χ1) is 13.1. The predicted octanol–water partition coefficient (Wildman–Crippen LogP) is 3.28. The van der Waals surface area contributed by atoms with Gasteiger partial charge in [0.25, 0.3) is 0 Å². The van der Waals surface area contributed by atoms with Crippen LogP contribution in [0.2, 0.25) is 0 Å². The van der Waals surface area contributed by atoms with E-state index in [2.05, 4.69) is 10.6 Å². The van der Waals surface area contributed by atoms with E-state index < -0.39 is 0 Å². The topological polar surface area (TPSA) is 59.6 Å². The molecular weight excluding hydrogens is 360 g/mol. The van der Waals surface area contributed by atoms with Crippen LogP contribution in [0.5, 0.6) is 11.5 Å². The van der Waals surface area contributed by atoms with Crippen LogP contribution in [0.15, 0.2) is 24.3 Å². The van der Waals surface area contributed by atoms with Crippen molar-refractivity contribution in [2.75, 3.05) is 20.3 Å². The number of benzene rings is 1. The van der Waals surface area contributed by atoms with Crippen molar-refractivity contribution >= 4 is 23.2 Å². The highest BCUT2D eigenvalue weighted by Crippen LogP contribution is 2.60. The minimum Gasteiger partial charge on any atom is -0.497 e. The summed E-state index contributed by atoms with van der Waals surface area (Å²) in [5, 5.41) is 6.46. The molecular formula is C21H28N2O3S. The first-order valence-electron chi connectivity index (χ1n) is 9.92.